The Hall–Kier alpha value is -1.74. The Morgan fingerprint density at radius 1 is 1.15 bits per heavy atom. The van der Waals surface area contributed by atoms with Crippen LogP contribution in [0.4, 0.5) is 25.0 Å². The molecule has 27 heavy (non-hydrogen) atoms. The number of hydrogen-bond acceptors (Lipinski definition) is 5. The SMILES string of the molecule is O=C1OC(CO)CN1c1cc(F)c(N2CCC(C3CS(=O)C3)CC2)c(F)c1. The molecule has 3 aliphatic rings. The number of amides is 1. The number of rotatable bonds is 4. The van der Waals surface area contributed by atoms with Gasteiger partial charge in [-0.25, -0.2) is 13.6 Å². The molecule has 1 N–H and O–H groups in total. The Balaban J connectivity index is 1.46. The molecule has 0 aromatic heterocycles. The maximum atomic E-state index is 14.7. The van der Waals surface area contributed by atoms with Gasteiger partial charge in [-0.2, -0.15) is 0 Å². The first-order chi connectivity index (χ1) is 13.0. The van der Waals surface area contributed by atoms with Crippen LogP contribution in [0, 0.1) is 23.5 Å². The first kappa shape index (κ1) is 18.6. The second-order valence-electron chi connectivity index (χ2n) is 7.41. The van der Waals surface area contributed by atoms with Gasteiger partial charge in [0.15, 0.2) is 11.6 Å². The summed E-state index contributed by atoms with van der Waals surface area (Å²) in [5.41, 5.74) is 0.0159. The lowest BCUT2D eigenvalue weighted by molar-refractivity contribution is 0.0963. The topological polar surface area (TPSA) is 70.1 Å². The van der Waals surface area contributed by atoms with E-state index in [-0.39, 0.29) is 24.5 Å². The maximum absolute atomic E-state index is 14.7. The standard InChI is InChI=1S/C18H22F2N2O4S/c19-15-5-13(22-7-14(8-23)26-18(22)24)6-16(20)17(15)21-3-1-11(2-4-21)12-9-27(25)10-12/h5-6,11-12,14,23H,1-4,7-10H2. The number of cyclic esters (lactones) is 1. The van der Waals surface area contributed by atoms with E-state index in [1.165, 1.54) is 0 Å². The molecule has 1 unspecified atom stereocenters. The molecule has 0 aliphatic carbocycles. The van der Waals surface area contributed by atoms with E-state index in [0.29, 0.717) is 24.9 Å². The zero-order valence-electron chi connectivity index (χ0n) is 14.8. The lowest BCUT2D eigenvalue weighted by Crippen LogP contribution is -2.43. The third-order valence-electron chi connectivity index (χ3n) is 5.71. The molecule has 0 saturated carbocycles. The molecule has 3 aliphatic heterocycles. The van der Waals surface area contributed by atoms with Crippen LogP contribution in [0.5, 0.6) is 0 Å². The summed E-state index contributed by atoms with van der Waals surface area (Å²) in [6.45, 7) is 0.829. The van der Waals surface area contributed by atoms with Crippen molar-refractivity contribution in [1.82, 2.24) is 0 Å². The fourth-order valence-corrected chi connectivity index (χ4v) is 5.53. The summed E-state index contributed by atoms with van der Waals surface area (Å²) >= 11 is 0. The Bertz CT molecular complexity index is 739. The van der Waals surface area contributed by atoms with Crippen LogP contribution in [0.15, 0.2) is 12.1 Å². The molecule has 1 aromatic carbocycles. The van der Waals surface area contributed by atoms with Crippen LogP contribution in [0.25, 0.3) is 0 Å². The number of aliphatic hydroxyl groups excluding tert-OH is 1. The molecular formula is C18H22F2N2O4S. The molecule has 148 valence electrons. The summed E-state index contributed by atoms with van der Waals surface area (Å²) in [4.78, 5) is 14.7. The lowest BCUT2D eigenvalue weighted by Gasteiger charge is -2.40. The molecule has 0 radical (unpaired) electrons. The summed E-state index contributed by atoms with van der Waals surface area (Å²) in [6.07, 6.45) is 0.251. The summed E-state index contributed by atoms with van der Waals surface area (Å²) in [7, 11) is -0.678. The first-order valence-electron chi connectivity index (χ1n) is 9.14. The highest BCUT2D eigenvalue weighted by Gasteiger charge is 2.36. The number of halogens is 2. The van der Waals surface area contributed by atoms with Crippen LogP contribution in [0.2, 0.25) is 0 Å². The van der Waals surface area contributed by atoms with E-state index < -0.39 is 34.6 Å². The van der Waals surface area contributed by atoms with Gasteiger partial charge in [-0.1, -0.05) is 0 Å². The lowest BCUT2D eigenvalue weighted by atomic mass is 9.86. The van der Waals surface area contributed by atoms with E-state index >= 15 is 0 Å². The molecule has 1 aromatic rings. The van der Waals surface area contributed by atoms with Crippen LogP contribution in [-0.2, 0) is 15.5 Å². The minimum absolute atomic E-state index is 0.0573. The smallest absolute Gasteiger partial charge is 0.414 e. The van der Waals surface area contributed by atoms with Crippen molar-refractivity contribution in [3.63, 3.8) is 0 Å². The summed E-state index contributed by atoms with van der Waals surface area (Å²) < 4.78 is 45.6. The second kappa shape index (κ2) is 7.35. The summed E-state index contributed by atoms with van der Waals surface area (Å²) in [6, 6.07) is 2.28. The molecule has 3 fully saturated rings. The van der Waals surface area contributed by atoms with Gasteiger partial charge in [-0.15, -0.1) is 0 Å². The van der Waals surface area contributed by atoms with E-state index in [4.69, 9.17) is 9.84 Å². The van der Waals surface area contributed by atoms with E-state index in [1.54, 1.807) is 4.90 Å². The fraction of sp³-hybridized carbons (Fsp3) is 0.611. The monoisotopic (exact) mass is 400 g/mol. The third-order valence-corrected chi connectivity index (χ3v) is 7.31. The zero-order valence-corrected chi connectivity index (χ0v) is 15.6. The average Bonchev–Trinajstić information content (AvgIpc) is 3.00. The molecule has 0 spiro atoms. The minimum Gasteiger partial charge on any atom is -0.441 e. The van der Waals surface area contributed by atoms with Crippen molar-refractivity contribution in [2.45, 2.75) is 18.9 Å². The normalized spacial score (nSPS) is 29.0. The highest BCUT2D eigenvalue weighted by Crippen LogP contribution is 2.36. The van der Waals surface area contributed by atoms with Gasteiger partial charge in [0.25, 0.3) is 0 Å². The number of carbonyl (C=O) groups is 1. The molecule has 3 heterocycles. The van der Waals surface area contributed by atoms with E-state index in [9.17, 15) is 17.8 Å². The van der Waals surface area contributed by atoms with Crippen molar-refractivity contribution in [2.24, 2.45) is 11.8 Å². The van der Waals surface area contributed by atoms with Gasteiger partial charge in [0.2, 0.25) is 0 Å². The van der Waals surface area contributed by atoms with Crippen LogP contribution in [-0.4, -0.2) is 59.3 Å². The molecule has 3 saturated heterocycles. The summed E-state index contributed by atoms with van der Waals surface area (Å²) in [5.74, 6) is 1.03. The van der Waals surface area contributed by atoms with Crippen molar-refractivity contribution < 1.29 is 27.6 Å². The largest absolute Gasteiger partial charge is 0.441 e. The Kier molecular flexibility index (Phi) is 5.07. The van der Waals surface area contributed by atoms with Crippen molar-refractivity contribution >= 4 is 28.3 Å². The van der Waals surface area contributed by atoms with E-state index in [2.05, 4.69) is 0 Å². The number of nitrogens with zero attached hydrogens (tertiary/aromatic N) is 2. The molecule has 6 nitrogen and oxygen atoms in total. The van der Waals surface area contributed by atoms with Gasteiger partial charge >= 0.3 is 6.09 Å². The summed E-state index contributed by atoms with van der Waals surface area (Å²) in [5, 5.41) is 9.09. The number of carbonyl (C=O) groups excluding carboxylic acids is 1. The van der Waals surface area contributed by atoms with Crippen molar-refractivity contribution in [3.8, 4) is 0 Å². The first-order valence-corrected chi connectivity index (χ1v) is 10.6. The fourth-order valence-electron chi connectivity index (χ4n) is 4.13. The maximum Gasteiger partial charge on any atom is 0.414 e. The number of benzene rings is 1. The minimum atomic E-state index is -0.723. The van der Waals surface area contributed by atoms with E-state index in [1.807, 2.05) is 0 Å². The number of piperidine rings is 1. The third kappa shape index (κ3) is 3.54. The average molecular weight is 400 g/mol. The number of ether oxygens (including phenoxy) is 1. The molecule has 1 amide bonds. The quantitative estimate of drug-likeness (QED) is 0.836. The molecule has 0 bridgehead atoms. The van der Waals surface area contributed by atoms with Crippen molar-refractivity contribution in [3.05, 3.63) is 23.8 Å². The Morgan fingerprint density at radius 3 is 2.30 bits per heavy atom. The van der Waals surface area contributed by atoms with E-state index in [0.717, 1.165) is 41.4 Å². The predicted molar refractivity (Wildman–Crippen MR) is 97.4 cm³/mol. The van der Waals surface area contributed by atoms with Crippen molar-refractivity contribution in [1.29, 1.82) is 0 Å². The highest BCUT2D eigenvalue weighted by molar-refractivity contribution is 7.86. The van der Waals surface area contributed by atoms with Gasteiger partial charge in [-0.3, -0.25) is 9.11 Å². The van der Waals surface area contributed by atoms with Crippen LogP contribution in [0.3, 0.4) is 0 Å². The van der Waals surface area contributed by atoms with Gasteiger partial charge in [0.05, 0.1) is 18.8 Å². The molecule has 4 rings (SSSR count). The zero-order chi connectivity index (χ0) is 19.1. The second-order valence-corrected chi connectivity index (χ2v) is 8.96. The van der Waals surface area contributed by atoms with Crippen LogP contribution in [0.1, 0.15) is 12.8 Å². The van der Waals surface area contributed by atoms with Crippen LogP contribution < -0.4 is 9.80 Å². The number of anilines is 2. The predicted octanol–water partition coefficient (Wildman–Crippen LogP) is 1.88. The van der Waals surface area contributed by atoms with Gasteiger partial charge in [0.1, 0.15) is 11.8 Å². The van der Waals surface area contributed by atoms with Gasteiger partial charge < -0.3 is 14.7 Å². The number of aliphatic hydroxyl groups is 1. The molecule has 1 atom stereocenters. The number of hydrogen-bond donors (Lipinski definition) is 1. The molecular weight excluding hydrogens is 378 g/mol. The van der Waals surface area contributed by atoms with Crippen LogP contribution >= 0.6 is 0 Å². The van der Waals surface area contributed by atoms with Gasteiger partial charge in [0, 0.05) is 47.5 Å². The molecule has 9 heteroatoms. The Morgan fingerprint density at radius 2 is 1.78 bits per heavy atom. The van der Waals surface area contributed by atoms with Gasteiger partial charge in [-0.05, 0) is 24.7 Å². The highest BCUT2D eigenvalue weighted by atomic mass is 32.2. The van der Waals surface area contributed by atoms with Crippen molar-refractivity contribution in [2.75, 3.05) is 47.5 Å². The Labute approximate surface area is 158 Å².